The number of methoxy groups -OCH3 is 2. The molecule has 0 bridgehead atoms. The first-order valence-corrected chi connectivity index (χ1v) is 13.5. The SMILES string of the molecule is COc1c(OC(C)C)c(S)c2c(c1OC)-c1ccc(C)c(=O)cc1[C@@H](NC(=O)c1cccc(CO[N+](=O)[O-])c1)CC2. The number of amides is 1. The maximum absolute atomic E-state index is 13.5. The van der Waals surface area contributed by atoms with E-state index in [0.29, 0.717) is 68.4 Å². The van der Waals surface area contributed by atoms with Crippen LogP contribution in [0.25, 0.3) is 11.1 Å². The van der Waals surface area contributed by atoms with Gasteiger partial charge in [0, 0.05) is 11.1 Å². The summed E-state index contributed by atoms with van der Waals surface area (Å²) in [6, 6.07) is 11.0. The Hall–Kier alpha value is -4.25. The molecule has 10 nitrogen and oxygen atoms in total. The molecule has 0 aromatic heterocycles. The molecule has 0 heterocycles. The van der Waals surface area contributed by atoms with Crippen molar-refractivity contribution in [2.45, 2.75) is 57.3 Å². The molecule has 4 rings (SSSR count). The van der Waals surface area contributed by atoms with Gasteiger partial charge in [0.15, 0.2) is 16.9 Å². The lowest BCUT2D eigenvalue weighted by Gasteiger charge is -2.23. The molecule has 1 amide bonds. The second-order valence-electron chi connectivity index (χ2n) is 9.92. The highest BCUT2D eigenvalue weighted by molar-refractivity contribution is 7.80. The Morgan fingerprint density at radius 2 is 1.85 bits per heavy atom. The van der Waals surface area contributed by atoms with Gasteiger partial charge in [-0.25, -0.2) is 0 Å². The lowest BCUT2D eigenvalue weighted by atomic mass is 9.95. The smallest absolute Gasteiger partial charge is 0.294 e. The first-order chi connectivity index (χ1) is 19.5. The molecule has 0 spiro atoms. The first-order valence-electron chi connectivity index (χ1n) is 13.0. The Labute approximate surface area is 243 Å². The number of benzene rings is 2. The van der Waals surface area contributed by atoms with Crippen molar-refractivity contribution in [1.82, 2.24) is 5.32 Å². The van der Waals surface area contributed by atoms with Gasteiger partial charge in [-0.15, -0.1) is 22.7 Å². The molecule has 0 radical (unpaired) electrons. The van der Waals surface area contributed by atoms with Gasteiger partial charge in [0.25, 0.3) is 11.0 Å². The summed E-state index contributed by atoms with van der Waals surface area (Å²) in [6.07, 6.45) is 0.774. The zero-order chi connectivity index (χ0) is 29.8. The molecule has 1 N–H and O–H groups in total. The highest BCUT2D eigenvalue weighted by atomic mass is 32.1. The summed E-state index contributed by atoms with van der Waals surface area (Å²) in [4.78, 5) is 42.1. The summed E-state index contributed by atoms with van der Waals surface area (Å²) in [7, 11) is 3.07. The number of nitrogens with zero attached hydrogens (tertiary/aromatic N) is 1. The summed E-state index contributed by atoms with van der Waals surface area (Å²) < 4.78 is 17.7. The molecule has 0 unspecified atom stereocenters. The molecule has 1 aliphatic rings. The van der Waals surface area contributed by atoms with Crippen molar-refractivity contribution in [3.8, 4) is 28.4 Å². The van der Waals surface area contributed by atoms with Gasteiger partial charge in [0.05, 0.1) is 31.3 Å². The number of aryl methyl sites for hydroxylation is 1. The van der Waals surface area contributed by atoms with Crippen molar-refractivity contribution in [2.75, 3.05) is 14.2 Å². The van der Waals surface area contributed by atoms with E-state index >= 15 is 0 Å². The lowest BCUT2D eigenvalue weighted by Crippen LogP contribution is -2.29. The molecular weight excluding hydrogens is 548 g/mol. The molecular formula is C30H32N2O8S. The lowest BCUT2D eigenvalue weighted by molar-refractivity contribution is -0.763. The van der Waals surface area contributed by atoms with E-state index in [1.807, 2.05) is 19.9 Å². The third kappa shape index (κ3) is 6.25. The molecule has 1 atom stereocenters. The van der Waals surface area contributed by atoms with Gasteiger partial charge in [0.2, 0.25) is 5.75 Å². The topological polar surface area (TPSA) is 126 Å². The van der Waals surface area contributed by atoms with Crippen LogP contribution in [0.15, 0.2) is 52.2 Å². The average Bonchev–Trinajstić information content (AvgIpc) is 3.18. The number of carbonyl (C=O) groups excluding carboxylic acids is 1. The standard InChI is InChI=1S/C30H32N2O8S/c1-16(2)40-28-27(38-5)26(37-4)25-20-10-9-17(3)24(33)14-22(20)23(12-11-21(25)29(28)41)31-30(34)19-8-6-7-18(13-19)15-39-32(35)36/h6-10,13-14,16,23,41H,11-12,15H2,1-5H3,(H,31,34)/t23-/m0/s1. The predicted octanol–water partition coefficient (Wildman–Crippen LogP) is 5.24. The Kier molecular flexibility index (Phi) is 9.07. The van der Waals surface area contributed by atoms with Crippen molar-refractivity contribution in [3.05, 3.63) is 90.6 Å². The first kappa shape index (κ1) is 29.7. The molecule has 1 aliphatic carbocycles. The van der Waals surface area contributed by atoms with Crippen molar-refractivity contribution in [3.63, 3.8) is 0 Å². The Morgan fingerprint density at radius 1 is 1.12 bits per heavy atom. The Morgan fingerprint density at radius 3 is 2.51 bits per heavy atom. The Bertz CT molecular complexity index is 1560. The van der Waals surface area contributed by atoms with Crippen molar-refractivity contribution in [2.24, 2.45) is 0 Å². The largest absolute Gasteiger partial charge is 0.492 e. The fourth-order valence-electron chi connectivity index (χ4n) is 4.97. The van der Waals surface area contributed by atoms with Crippen LogP contribution in [0, 0.1) is 17.0 Å². The van der Waals surface area contributed by atoms with Crippen molar-refractivity contribution in [1.29, 1.82) is 0 Å². The van der Waals surface area contributed by atoms with Gasteiger partial charge in [-0.05, 0) is 79.6 Å². The van der Waals surface area contributed by atoms with E-state index in [4.69, 9.17) is 26.8 Å². The molecule has 0 saturated carbocycles. The van der Waals surface area contributed by atoms with E-state index in [-0.39, 0.29) is 18.1 Å². The maximum Gasteiger partial charge on any atom is 0.294 e. The van der Waals surface area contributed by atoms with E-state index < -0.39 is 17.0 Å². The van der Waals surface area contributed by atoms with E-state index in [0.717, 1.165) is 5.56 Å². The van der Waals surface area contributed by atoms with Gasteiger partial charge in [-0.1, -0.05) is 24.3 Å². The average molecular weight is 581 g/mol. The minimum Gasteiger partial charge on any atom is -0.492 e. The second kappa shape index (κ2) is 12.5. The zero-order valence-electron chi connectivity index (χ0n) is 23.5. The van der Waals surface area contributed by atoms with Crippen molar-refractivity contribution >= 4 is 18.5 Å². The minimum atomic E-state index is -0.883. The van der Waals surface area contributed by atoms with Crippen LogP contribution in [0.4, 0.5) is 0 Å². The fraction of sp³-hybridized carbons (Fsp3) is 0.333. The van der Waals surface area contributed by atoms with Crippen LogP contribution in [0.2, 0.25) is 0 Å². The van der Waals surface area contributed by atoms with Gasteiger partial charge >= 0.3 is 0 Å². The second-order valence-corrected chi connectivity index (χ2v) is 10.4. The van der Waals surface area contributed by atoms with Crippen molar-refractivity contribution < 1.29 is 28.9 Å². The fourth-order valence-corrected chi connectivity index (χ4v) is 5.35. The molecule has 41 heavy (non-hydrogen) atoms. The number of fused-ring (bicyclic) bond motifs is 3. The van der Waals surface area contributed by atoms with Gasteiger partial charge in [-0.2, -0.15) is 0 Å². The molecule has 0 aliphatic heterocycles. The number of rotatable bonds is 9. The van der Waals surface area contributed by atoms with E-state index in [1.165, 1.54) is 13.2 Å². The summed E-state index contributed by atoms with van der Waals surface area (Å²) >= 11 is 4.87. The monoisotopic (exact) mass is 580 g/mol. The number of hydrogen-bond acceptors (Lipinski definition) is 9. The molecule has 216 valence electrons. The summed E-state index contributed by atoms with van der Waals surface area (Å²) in [6.45, 7) is 5.26. The van der Waals surface area contributed by atoms with E-state index in [9.17, 15) is 19.7 Å². The zero-order valence-corrected chi connectivity index (χ0v) is 24.4. The molecule has 11 heteroatoms. The molecule has 0 fully saturated rings. The summed E-state index contributed by atoms with van der Waals surface area (Å²) in [5.74, 6) is 0.891. The predicted molar refractivity (Wildman–Crippen MR) is 156 cm³/mol. The van der Waals surface area contributed by atoms with Crippen LogP contribution in [0.1, 0.15) is 58.9 Å². The van der Waals surface area contributed by atoms with Gasteiger partial charge < -0.3 is 24.4 Å². The quantitative estimate of drug-likeness (QED) is 0.200. The van der Waals surface area contributed by atoms with Crippen LogP contribution in [0.3, 0.4) is 0 Å². The van der Waals surface area contributed by atoms with E-state index in [2.05, 4.69) is 10.2 Å². The highest BCUT2D eigenvalue weighted by Crippen LogP contribution is 2.54. The third-order valence-electron chi connectivity index (χ3n) is 6.85. The molecule has 3 aromatic rings. The van der Waals surface area contributed by atoms with Crippen LogP contribution < -0.4 is 25.0 Å². The number of nitrogens with one attached hydrogen (secondary N) is 1. The number of hydrogen-bond donors (Lipinski definition) is 2. The number of ether oxygens (including phenoxy) is 3. The number of carbonyl (C=O) groups is 1. The van der Waals surface area contributed by atoms with Crippen LogP contribution in [-0.4, -0.2) is 31.3 Å². The maximum atomic E-state index is 13.5. The highest BCUT2D eigenvalue weighted by Gasteiger charge is 2.32. The Balaban J connectivity index is 1.86. The summed E-state index contributed by atoms with van der Waals surface area (Å²) in [5.41, 5.74) is 4.02. The molecule has 3 aromatic carbocycles. The van der Waals surface area contributed by atoms with Gasteiger partial charge in [0.1, 0.15) is 6.61 Å². The third-order valence-corrected chi connectivity index (χ3v) is 7.32. The summed E-state index contributed by atoms with van der Waals surface area (Å²) in [5, 5.41) is 12.8. The van der Waals surface area contributed by atoms with Gasteiger partial charge in [-0.3, -0.25) is 9.59 Å². The van der Waals surface area contributed by atoms with Crippen LogP contribution in [-0.2, 0) is 17.9 Å². The molecule has 0 saturated heterocycles. The number of thiol groups is 1. The minimum absolute atomic E-state index is 0.155. The van der Waals surface area contributed by atoms with Crippen LogP contribution >= 0.6 is 12.6 Å². The van der Waals surface area contributed by atoms with Crippen LogP contribution in [0.5, 0.6) is 17.2 Å². The van der Waals surface area contributed by atoms with E-state index in [1.54, 1.807) is 44.4 Å². The normalized spacial score (nSPS) is 13.9.